The zero-order chi connectivity index (χ0) is 22.0. The number of hydrogen-bond acceptors (Lipinski definition) is 6. The Bertz CT molecular complexity index is 1170. The van der Waals surface area contributed by atoms with Crippen molar-refractivity contribution < 1.29 is 19.4 Å². The number of nitrogens with zero attached hydrogens (tertiary/aromatic N) is 2. The first kappa shape index (κ1) is 21.3. The van der Waals surface area contributed by atoms with Gasteiger partial charge in [-0.15, -0.1) is 0 Å². The van der Waals surface area contributed by atoms with Gasteiger partial charge in [-0.1, -0.05) is 23.7 Å². The Kier molecular flexibility index (Phi) is 6.19. The summed E-state index contributed by atoms with van der Waals surface area (Å²) in [5.74, 6) is 0.164. The molecular weight excluding hydrogens is 424 g/mol. The van der Waals surface area contributed by atoms with E-state index in [1.54, 1.807) is 42.5 Å². The lowest BCUT2D eigenvalue weighted by atomic mass is 10.2. The molecule has 1 atom stereocenters. The first-order valence-corrected chi connectivity index (χ1v) is 10.1. The first-order chi connectivity index (χ1) is 14.9. The number of urea groups is 1. The summed E-state index contributed by atoms with van der Waals surface area (Å²) in [6.45, 7) is 2.74. The van der Waals surface area contributed by atoms with Crippen LogP contribution in [0, 0.1) is 0 Å². The maximum atomic E-state index is 13.3. The average Bonchev–Trinajstić information content (AvgIpc) is 3.26. The molecule has 9 nitrogen and oxygen atoms in total. The fourth-order valence-corrected chi connectivity index (χ4v) is 3.59. The van der Waals surface area contributed by atoms with Crippen LogP contribution >= 0.6 is 11.6 Å². The van der Waals surface area contributed by atoms with E-state index in [2.05, 4.69) is 15.6 Å². The van der Waals surface area contributed by atoms with E-state index in [4.69, 9.17) is 21.1 Å². The van der Waals surface area contributed by atoms with Crippen LogP contribution in [-0.2, 0) is 9.47 Å². The number of anilines is 1. The second kappa shape index (κ2) is 9.03. The maximum Gasteiger partial charge on any atom is 0.319 e. The fourth-order valence-electron chi connectivity index (χ4n) is 3.34. The van der Waals surface area contributed by atoms with Crippen LogP contribution in [0.2, 0.25) is 5.02 Å². The van der Waals surface area contributed by atoms with E-state index in [0.29, 0.717) is 30.1 Å². The van der Waals surface area contributed by atoms with Crippen molar-refractivity contribution in [3.8, 4) is 5.69 Å². The van der Waals surface area contributed by atoms with E-state index in [1.165, 1.54) is 11.5 Å². The van der Waals surface area contributed by atoms with Gasteiger partial charge in [-0.3, -0.25) is 9.36 Å². The van der Waals surface area contributed by atoms with Gasteiger partial charge in [0.15, 0.2) is 6.29 Å². The van der Waals surface area contributed by atoms with Gasteiger partial charge >= 0.3 is 6.03 Å². The average molecular weight is 445 g/mol. The quantitative estimate of drug-likeness (QED) is 0.557. The van der Waals surface area contributed by atoms with Crippen molar-refractivity contribution in [2.45, 2.75) is 19.3 Å². The Balaban J connectivity index is 1.66. The number of hydrogen-bond donors (Lipinski definition) is 3. The van der Waals surface area contributed by atoms with Gasteiger partial charge in [0.25, 0.3) is 5.56 Å². The van der Waals surface area contributed by atoms with Crippen molar-refractivity contribution in [2.75, 3.05) is 25.1 Å². The Morgan fingerprint density at radius 2 is 2.03 bits per heavy atom. The number of halogens is 1. The third-order valence-electron chi connectivity index (χ3n) is 4.73. The molecule has 1 aliphatic rings. The number of carbonyl (C=O) groups is 1. The smallest absolute Gasteiger partial charge is 0.319 e. The zero-order valence-electron chi connectivity index (χ0n) is 16.7. The van der Waals surface area contributed by atoms with Crippen LogP contribution in [0.1, 0.15) is 18.9 Å². The first-order valence-electron chi connectivity index (χ1n) is 9.72. The normalized spacial score (nSPS) is 15.2. The highest BCUT2D eigenvalue weighted by Gasteiger charge is 2.19. The number of aromatic nitrogens is 2. The highest BCUT2D eigenvalue weighted by atomic mass is 35.5. The topological polar surface area (TPSA) is 115 Å². The van der Waals surface area contributed by atoms with Crippen molar-refractivity contribution in [1.29, 1.82) is 0 Å². The molecule has 1 fully saturated rings. The summed E-state index contributed by atoms with van der Waals surface area (Å²) in [6.07, 6.45) is -1.47. The molecule has 0 spiro atoms. The molecule has 10 heteroatoms. The standard InChI is InChI=1S/C21H21ClN4O5/c1-12(27)19-25-16-7-3-6-15(22)18(16)20(28)26(19)14-5-2-4-13(10-14)24-21(29)23-11-17-30-8-9-31-17/h2-7,10,12,17,27H,8-9,11H2,1H3,(H2,23,24,29)/t12-/m0/s1. The monoisotopic (exact) mass is 444 g/mol. The molecule has 3 N–H and O–H groups in total. The molecule has 0 radical (unpaired) electrons. The maximum absolute atomic E-state index is 13.3. The van der Waals surface area contributed by atoms with Crippen LogP contribution in [0.5, 0.6) is 0 Å². The highest BCUT2D eigenvalue weighted by Crippen LogP contribution is 2.23. The number of aliphatic hydroxyl groups is 1. The van der Waals surface area contributed by atoms with E-state index in [9.17, 15) is 14.7 Å². The number of amides is 2. The molecule has 2 aromatic carbocycles. The minimum Gasteiger partial charge on any atom is -0.385 e. The van der Waals surface area contributed by atoms with Crippen LogP contribution in [0.3, 0.4) is 0 Å². The van der Waals surface area contributed by atoms with Gasteiger partial charge in [0.1, 0.15) is 11.9 Å². The number of fused-ring (bicyclic) bond motifs is 1. The Morgan fingerprint density at radius 3 is 2.77 bits per heavy atom. The van der Waals surface area contributed by atoms with Gasteiger partial charge in [0.2, 0.25) is 0 Å². The molecule has 1 aromatic heterocycles. The van der Waals surface area contributed by atoms with Crippen molar-refractivity contribution in [3.05, 3.63) is 63.7 Å². The molecule has 31 heavy (non-hydrogen) atoms. The summed E-state index contributed by atoms with van der Waals surface area (Å²) in [6, 6.07) is 11.2. The van der Waals surface area contributed by atoms with Crippen molar-refractivity contribution in [2.24, 2.45) is 0 Å². The molecule has 0 bridgehead atoms. The molecule has 4 rings (SSSR count). The zero-order valence-corrected chi connectivity index (χ0v) is 17.4. The van der Waals surface area contributed by atoms with Crippen LogP contribution in [0.4, 0.5) is 10.5 Å². The van der Waals surface area contributed by atoms with Crippen LogP contribution < -0.4 is 16.2 Å². The molecule has 162 valence electrons. The minimum atomic E-state index is -1.01. The molecule has 2 amide bonds. The largest absolute Gasteiger partial charge is 0.385 e. The summed E-state index contributed by atoms with van der Waals surface area (Å²) < 4.78 is 11.9. The van der Waals surface area contributed by atoms with Gasteiger partial charge in [-0.25, -0.2) is 9.78 Å². The number of rotatable bonds is 5. The summed E-state index contributed by atoms with van der Waals surface area (Å²) in [5.41, 5.74) is 0.861. The summed E-state index contributed by atoms with van der Waals surface area (Å²) in [7, 11) is 0. The molecule has 2 heterocycles. The predicted molar refractivity (Wildman–Crippen MR) is 116 cm³/mol. The predicted octanol–water partition coefficient (Wildman–Crippen LogP) is 2.59. The van der Waals surface area contributed by atoms with Crippen molar-refractivity contribution in [1.82, 2.24) is 14.9 Å². The van der Waals surface area contributed by atoms with Gasteiger partial charge in [0, 0.05) is 5.69 Å². The molecule has 0 saturated carbocycles. The minimum absolute atomic E-state index is 0.164. The Hall–Kier alpha value is -2.98. The number of aliphatic hydroxyl groups excluding tert-OH is 1. The molecule has 0 aliphatic carbocycles. The van der Waals surface area contributed by atoms with E-state index < -0.39 is 24.0 Å². The second-order valence-corrected chi connectivity index (χ2v) is 7.38. The van der Waals surface area contributed by atoms with Gasteiger partial charge in [-0.05, 0) is 37.3 Å². The van der Waals surface area contributed by atoms with E-state index in [-0.39, 0.29) is 22.8 Å². The number of benzene rings is 2. The molecule has 3 aromatic rings. The lowest BCUT2D eigenvalue weighted by molar-refractivity contribution is -0.0369. The summed E-state index contributed by atoms with van der Waals surface area (Å²) in [4.78, 5) is 29.9. The van der Waals surface area contributed by atoms with Gasteiger partial charge in [0.05, 0.1) is 41.4 Å². The summed E-state index contributed by atoms with van der Waals surface area (Å²) >= 11 is 6.24. The SMILES string of the molecule is C[C@H](O)c1nc2cccc(Cl)c2c(=O)n1-c1cccc(NC(=O)NCC2OCCO2)c1. The highest BCUT2D eigenvalue weighted by molar-refractivity contribution is 6.35. The lowest BCUT2D eigenvalue weighted by Crippen LogP contribution is -2.35. The fraction of sp³-hybridized carbons (Fsp3) is 0.286. The van der Waals surface area contributed by atoms with Crippen molar-refractivity contribution in [3.63, 3.8) is 0 Å². The van der Waals surface area contributed by atoms with Crippen LogP contribution in [-0.4, -0.2) is 46.7 Å². The molecule has 1 saturated heterocycles. The van der Waals surface area contributed by atoms with Gasteiger partial charge < -0.3 is 25.2 Å². The Labute approximate surface area is 182 Å². The molecule has 1 aliphatic heterocycles. The molecular formula is C21H21ClN4O5. The van der Waals surface area contributed by atoms with Gasteiger partial charge in [-0.2, -0.15) is 0 Å². The second-order valence-electron chi connectivity index (χ2n) is 6.98. The lowest BCUT2D eigenvalue weighted by Gasteiger charge is -2.17. The number of carbonyl (C=O) groups excluding carboxylic acids is 1. The third kappa shape index (κ3) is 4.54. The van der Waals surface area contributed by atoms with E-state index in [0.717, 1.165) is 0 Å². The van der Waals surface area contributed by atoms with E-state index >= 15 is 0 Å². The van der Waals surface area contributed by atoms with E-state index in [1.807, 2.05) is 0 Å². The summed E-state index contributed by atoms with van der Waals surface area (Å²) in [5, 5.41) is 16.1. The number of nitrogens with one attached hydrogen (secondary N) is 2. The number of ether oxygens (including phenoxy) is 2. The third-order valence-corrected chi connectivity index (χ3v) is 5.04. The van der Waals surface area contributed by atoms with Crippen LogP contribution in [0.25, 0.3) is 16.6 Å². The van der Waals surface area contributed by atoms with Crippen molar-refractivity contribution >= 4 is 34.2 Å². The molecule has 0 unspecified atom stereocenters. The Morgan fingerprint density at radius 1 is 1.29 bits per heavy atom. The van der Waals surface area contributed by atoms with Crippen LogP contribution in [0.15, 0.2) is 47.3 Å².